The summed E-state index contributed by atoms with van der Waals surface area (Å²) in [7, 11) is 0. The van der Waals surface area contributed by atoms with Crippen LogP contribution in [0.15, 0.2) is 21.6 Å². The Hall–Kier alpha value is -1.34. The summed E-state index contributed by atoms with van der Waals surface area (Å²) >= 11 is 4.97. The van der Waals surface area contributed by atoms with Gasteiger partial charge in [-0.3, -0.25) is 0 Å². The van der Waals surface area contributed by atoms with Crippen LogP contribution in [0.1, 0.15) is 18.7 Å². The van der Waals surface area contributed by atoms with E-state index in [4.69, 9.17) is 9.47 Å². The van der Waals surface area contributed by atoms with Crippen molar-refractivity contribution in [2.45, 2.75) is 20.8 Å². The van der Waals surface area contributed by atoms with E-state index in [0.717, 1.165) is 15.0 Å². The van der Waals surface area contributed by atoms with E-state index >= 15 is 0 Å². The van der Waals surface area contributed by atoms with E-state index in [2.05, 4.69) is 21.2 Å². The van der Waals surface area contributed by atoms with Gasteiger partial charge in [-0.2, -0.15) is 0 Å². The van der Waals surface area contributed by atoms with Gasteiger partial charge in [0.25, 0.3) is 0 Å². The van der Waals surface area contributed by atoms with Crippen LogP contribution in [0.5, 0.6) is 0 Å². The molecule has 0 aliphatic heterocycles. The Morgan fingerprint density at radius 3 is 2.25 bits per heavy atom. The van der Waals surface area contributed by atoms with Crippen molar-refractivity contribution in [3.8, 4) is 0 Å². The second-order valence-electron chi connectivity index (χ2n) is 3.66. The van der Waals surface area contributed by atoms with Crippen LogP contribution in [0.2, 0.25) is 0 Å². The van der Waals surface area contributed by atoms with E-state index in [1.54, 1.807) is 25.2 Å². The Morgan fingerprint density at radius 1 is 1.30 bits per heavy atom. The summed E-state index contributed by atoms with van der Waals surface area (Å²) in [6, 6.07) is 0. The SMILES string of the molecule is CCOC(=O)C(=CNc1csc(C)c1Br)C(=O)OCC. The first-order chi connectivity index (χ1) is 9.51. The summed E-state index contributed by atoms with van der Waals surface area (Å²) in [4.78, 5) is 24.6. The number of hydrogen-bond acceptors (Lipinski definition) is 6. The third-order valence-electron chi connectivity index (χ3n) is 2.26. The third kappa shape index (κ3) is 4.35. The van der Waals surface area contributed by atoms with Crippen molar-refractivity contribution >= 4 is 44.9 Å². The minimum absolute atomic E-state index is 0.163. The van der Waals surface area contributed by atoms with E-state index in [1.165, 1.54) is 6.20 Å². The lowest BCUT2D eigenvalue weighted by Crippen LogP contribution is -2.19. The first-order valence-electron chi connectivity index (χ1n) is 6.05. The fraction of sp³-hybridized carbons (Fsp3) is 0.385. The number of anilines is 1. The topological polar surface area (TPSA) is 64.6 Å². The summed E-state index contributed by atoms with van der Waals surface area (Å²) in [6.07, 6.45) is 1.31. The predicted octanol–water partition coefficient (Wildman–Crippen LogP) is 3.24. The zero-order valence-electron chi connectivity index (χ0n) is 11.5. The number of thiophene rings is 1. The third-order valence-corrected chi connectivity index (χ3v) is 4.46. The van der Waals surface area contributed by atoms with E-state index in [1.807, 2.05) is 12.3 Å². The molecule has 7 heteroatoms. The molecule has 0 saturated carbocycles. The minimum Gasteiger partial charge on any atom is -0.462 e. The molecule has 1 heterocycles. The number of rotatable bonds is 6. The van der Waals surface area contributed by atoms with Gasteiger partial charge in [0.05, 0.1) is 23.4 Å². The zero-order chi connectivity index (χ0) is 15.1. The molecule has 0 bridgehead atoms. The summed E-state index contributed by atoms with van der Waals surface area (Å²) < 4.78 is 10.6. The molecule has 1 N–H and O–H groups in total. The summed E-state index contributed by atoms with van der Waals surface area (Å²) in [5.74, 6) is -1.41. The van der Waals surface area contributed by atoms with Crippen molar-refractivity contribution in [1.82, 2.24) is 0 Å². The van der Waals surface area contributed by atoms with Gasteiger partial charge in [0, 0.05) is 16.5 Å². The van der Waals surface area contributed by atoms with Crippen LogP contribution in [0.3, 0.4) is 0 Å². The standard InChI is InChI=1S/C13H16BrNO4S/c1-4-18-12(16)9(13(17)19-5-2)6-15-10-7-20-8(3)11(10)14/h6-7,15H,4-5H2,1-3H3. The van der Waals surface area contributed by atoms with Crippen molar-refractivity contribution < 1.29 is 19.1 Å². The molecule has 0 aliphatic carbocycles. The molecule has 1 aromatic rings. The molecule has 0 spiro atoms. The number of halogens is 1. The molecule has 0 radical (unpaired) electrons. The van der Waals surface area contributed by atoms with Crippen LogP contribution in [0.25, 0.3) is 0 Å². The molecule has 0 aromatic carbocycles. The van der Waals surface area contributed by atoms with Crippen LogP contribution in [0, 0.1) is 6.92 Å². The number of ether oxygens (including phenoxy) is 2. The first-order valence-corrected chi connectivity index (χ1v) is 7.73. The number of carbonyl (C=O) groups excluding carboxylic acids is 2. The molecule has 1 aromatic heterocycles. The fourth-order valence-corrected chi connectivity index (χ4v) is 2.66. The van der Waals surface area contributed by atoms with Crippen LogP contribution in [-0.4, -0.2) is 25.2 Å². The fourth-order valence-electron chi connectivity index (χ4n) is 1.31. The van der Waals surface area contributed by atoms with Gasteiger partial charge in [0.15, 0.2) is 5.57 Å². The quantitative estimate of drug-likeness (QED) is 0.364. The summed E-state index contributed by atoms with van der Waals surface area (Å²) in [5.41, 5.74) is 0.614. The Morgan fingerprint density at radius 2 is 1.85 bits per heavy atom. The molecule has 0 fully saturated rings. The molecule has 0 saturated heterocycles. The Balaban J connectivity index is 2.92. The Labute approximate surface area is 130 Å². The molecule has 0 amide bonds. The predicted molar refractivity (Wildman–Crippen MR) is 81.7 cm³/mol. The molecule has 110 valence electrons. The van der Waals surface area contributed by atoms with E-state index < -0.39 is 11.9 Å². The van der Waals surface area contributed by atoms with Crippen molar-refractivity contribution in [2.24, 2.45) is 0 Å². The van der Waals surface area contributed by atoms with Gasteiger partial charge in [-0.1, -0.05) is 0 Å². The maximum Gasteiger partial charge on any atom is 0.347 e. The second-order valence-corrected chi connectivity index (χ2v) is 5.54. The Kier molecular flexibility index (Phi) is 6.74. The van der Waals surface area contributed by atoms with E-state index in [-0.39, 0.29) is 18.8 Å². The number of nitrogens with one attached hydrogen (secondary N) is 1. The maximum atomic E-state index is 11.7. The second kappa shape index (κ2) is 8.06. The van der Waals surface area contributed by atoms with Crippen molar-refractivity contribution in [3.63, 3.8) is 0 Å². The van der Waals surface area contributed by atoms with Crippen LogP contribution in [0.4, 0.5) is 5.69 Å². The van der Waals surface area contributed by atoms with Crippen molar-refractivity contribution in [3.05, 3.63) is 26.5 Å². The minimum atomic E-state index is -0.707. The van der Waals surface area contributed by atoms with Crippen molar-refractivity contribution in [2.75, 3.05) is 18.5 Å². The number of hydrogen-bond donors (Lipinski definition) is 1. The van der Waals surface area contributed by atoms with Gasteiger partial charge < -0.3 is 14.8 Å². The number of carbonyl (C=O) groups is 2. The van der Waals surface area contributed by atoms with Gasteiger partial charge in [0.2, 0.25) is 0 Å². The largest absolute Gasteiger partial charge is 0.462 e. The van der Waals surface area contributed by atoms with E-state index in [0.29, 0.717) is 0 Å². The Bertz CT molecular complexity index is 504. The highest BCUT2D eigenvalue weighted by Gasteiger charge is 2.21. The molecule has 0 unspecified atom stereocenters. The highest BCUT2D eigenvalue weighted by molar-refractivity contribution is 9.10. The molecule has 5 nitrogen and oxygen atoms in total. The molecule has 0 atom stereocenters. The zero-order valence-corrected chi connectivity index (χ0v) is 13.9. The van der Waals surface area contributed by atoms with Crippen LogP contribution < -0.4 is 5.32 Å². The van der Waals surface area contributed by atoms with Crippen molar-refractivity contribution in [1.29, 1.82) is 0 Å². The van der Waals surface area contributed by atoms with Gasteiger partial charge in [-0.05, 0) is 36.7 Å². The lowest BCUT2D eigenvalue weighted by molar-refractivity contribution is -0.146. The maximum absolute atomic E-state index is 11.7. The molecule has 0 aliphatic rings. The average molecular weight is 362 g/mol. The lowest BCUT2D eigenvalue weighted by Gasteiger charge is -2.07. The monoisotopic (exact) mass is 361 g/mol. The van der Waals surface area contributed by atoms with Gasteiger partial charge in [0.1, 0.15) is 0 Å². The number of aryl methyl sites for hydroxylation is 1. The highest BCUT2D eigenvalue weighted by Crippen LogP contribution is 2.31. The highest BCUT2D eigenvalue weighted by atomic mass is 79.9. The molecular weight excluding hydrogens is 346 g/mol. The van der Waals surface area contributed by atoms with Gasteiger partial charge in [-0.15, -0.1) is 11.3 Å². The van der Waals surface area contributed by atoms with Gasteiger partial charge >= 0.3 is 11.9 Å². The smallest absolute Gasteiger partial charge is 0.347 e. The van der Waals surface area contributed by atoms with E-state index in [9.17, 15) is 9.59 Å². The average Bonchev–Trinajstić information content (AvgIpc) is 2.71. The number of esters is 2. The van der Waals surface area contributed by atoms with Crippen LogP contribution >= 0.6 is 27.3 Å². The first kappa shape index (κ1) is 16.7. The van der Waals surface area contributed by atoms with Crippen LogP contribution in [-0.2, 0) is 19.1 Å². The lowest BCUT2D eigenvalue weighted by atomic mass is 10.3. The molecule has 1 rings (SSSR count). The molecular formula is C13H16BrNO4S. The van der Waals surface area contributed by atoms with Gasteiger partial charge in [-0.25, -0.2) is 9.59 Å². The molecule has 20 heavy (non-hydrogen) atoms. The summed E-state index contributed by atoms with van der Waals surface area (Å²) in [5, 5.41) is 4.79. The summed E-state index contributed by atoms with van der Waals surface area (Å²) in [6.45, 7) is 5.69. The normalized spacial score (nSPS) is 9.80.